The van der Waals surface area contributed by atoms with Gasteiger partial charge in [-0.1, -0.05) is 54.1 Å². The largest absolute Gasteiger partial charge is 0.387 e. The van der Waals surface area contributed by atoms with E-state index in [4.69, 9.17) is 0 Å². The smallest absolute Gasteiger partial charge is 0.248 e. The molecule has 4 rings (SSSR count). The van der Waals surface area contributed by atoms with Crippen LogP contribution in [0.5, 0.6) is 0 Å². The van der Waals surface area contributed by atoms with Crippen molar-refractivity contribution in [1.29, 1.82) is 0 Å². The molecule has 0 radical (unpaired) electrons. The fourth-order valence-electron chi connectivity index (χ4n) is 4.90. The summed E-state index contributed by atoms with van der Waals surface area (Å²) in [5.74, 6) is 0.364. The number of aryl methyl sites for hydroxylation is 2. The van der Waals surface area contributed by atoms with E-state index in [0.717, 1.165) is 11.1 Å². The van der Waals surface area contributed by atoms with E-state index in [2.05, 4.69) is 19.1 Å². The van der Waals surface area contributed by atoms with Gasteiger partial charge in [-0.05, 0) is 30.5 Å². The second-order valence-corrected chi connectivity index (χ2v) is 8.39. The number of hydrogen-bond acceptors (Lipinski definition) is 3. The minimum absolute atomic E-state index is 0.0318. The van der Waals surface area contributed by atoms with E-state index in [1.54, 1.807) is 4.90 Å². The number of nitrogens with zero attached hydrogens (tertiary/aromatic N) is 2. The predicted octanol–water partition coefficient (Wildman–Crippen LogP) is 2.50. The average Bonchev–Trinajstić information content (AvgIpc) is 3.28. The highest BCUT2D eigenvalue weighted by molar-refractivity contribution is 5.80. The zero-order valence-electron chi connectivity index (χ0n) is 17.0. The van der Waals surface area contributed by atoms with Gasteiger partial charge >= 0.3 is 0 Å². The molecule has 5 heteroatoms. The van der Waals surface area contributed by atoms with E-state index in [1.807, 2.05) is 48.2 Å². The molecular weight excluding hydrogens is 364 g/mol. The number of carbonyl (C=O) groups is 2. The van der Waals surface area contributed by atoms with E-state index >= 15 is 0 Å². The summed E-state index contributed by atoms with van der Waals surface area (Å²) in [6.07, 6.45) is 0.390. The second kappa shape index (κ2) is 7.99. The molecule has 2 aliphatic rings. The zero-order valence-corrected chi connectivity index (χ0v) is 17.0. The number of hydrogen-bond donors (Lipinski definition) is 1. The Morgan fingerprint density at radius 1 is 0.966 bits per heavy atom. The first-order valence-electron chi connectivity index (χ1n) is 10.3. The average molecular weight is 392 g/mol. The molecule has 152 valence electrons. The molecule has 0 saturated carbocycles. The minimum atomic E-state index is -0.454. The van der Waals surface area contributed by atoms with Crippen LogP contribution in [0.4, 0.5) is 0 Å². The second-order valence-electron chi connectivity index (χ2n) is 8.39. The van der Waals surface area contributed by atoms with Crippen molar-refractivity contribution in [3.05, 3.63) is 70.8 Å². The number of benzene rings is 2. The Balaban J connectivity index is 1.61. The monoisotopic (exact) mass is 392 g/mol. The van der Waals surface area contributed by atoms with Crippen LogP contribution >= 0.6 is 0 Å². The molecule has 2 aromatic rings. The van der Waals surface area contributed by atoms with E-state index in [0.29, 0.717) is 26.1 Å². The van der Waals surface area contributed by atoms with Crippen LogP contribution in [0.15, 0.2) is 48.5 Å². The molecule has 2 heterocycles. The standard InChI is InChI=1S/C24H28N2O3/c1-16-7-9-18(10-8-16)11-22(28)26-13-19-12-25(23(29)15-27)14-21(19)24(26)20-6-4-3-5-17(20)2/h3-10,19,21,24,27H,11-15H2,1-2H3/t19-,21-,24+/m0/s1. The minimum Gasteiger partial charge on any atom is -0.387 e. The molecule has 0 aliphatic carbocycles. The van der Waals surface area contributed by atoms with Gasteiger partial charge in [0.2, 0.25) is 11.8 Å². The van der Waals surface area contributed by atoms with Crippen molar-refractivity contribution in [1.82, 2.24) is 9.80 Å². The SMILES string of the molecule is Cc1ccc(CC(=O)N2C[C@@H]3CN(C(=O)CO)C[C@@H]3[C@H]2c2ccccc2C)cc1. The fraction of sp³-hybridized carbons (Fsp3) is 0.417. The van der Waals surface area contributed by atoms with Crippen LogP contribution in [-0.2, 0) is 16.0 Å². The first-order chi connectivity index (χ1) is 14.0. The van der Waals surface area contributed by atoms with Crippen molar-refractivity contribution < 1.29 is 14.7 Å². The fourth-order valence-corrected chi connectivity index (χ4v) is 4.90. The molecule has 2 aliphatic heterocycles. The lowest BCUT2D eigenvalue weighted by Crippen LogP contribution is -2.39. The maximum atomic E-state index is 13.3. The third kappa shape index (κ3) is 3.79. The van der Waals surface area contributed by atoms with Crippen LogP contribution in [0, 0.1) is 25.7 Å². The maximum Gasteiger partial charge on any atom is 0.248 e. The molecule has 0 aromatic heterocycles. The van der Waals surface area contributed by atoms with Crippen LogP contribution in [-0.4, -0.2) is 53.0 Å². The normalized spacial score (nSPS) is 23.3. The number of rotatable bonds is 4. The zero-order chi connectivity index (χ0) is 20.5. The van der Waals surface area contributed by atoms with Crippen LogP contribution in [0.25, 0.3) is 0 Å². The Bertz CT molecular complexity index is 909. The van der Waals surface area contributed by atoms with Crippen molar-refractivity contribution in [3.63, 3.8) is 0 Å². The quantitative estimate of drug-likeness (QED) is 0.870. The van der Waals surface area contributed by atoms with E-state index < -0.39 is 6.61 Å². The molecule has 0 bridgehead atoms. The lowest BCUT2D eigenvalue weighted by Gasteiger charge is -2.31. The third-order valence-corrected chi connectivity index (χ3v) is 6.46. The number of amides is 2. The van der Waals surface area contributed by atoms with Crippen molar-refractivity contribution in [2.75, 3.05) is 26.2 Å². The van der Waals surface area contributed by atoms with Gasteiger partial charge in [-0.25, -0.2) is 0 Å². The predicted molar refractivity (Wildman–Crippen MR) is 111 cm³/mol. The Labute approximate surface area is 171 Å². The topological polar surface area (TPSA) is 60.9 Å². The van der Waals surface area contributed by atoms with Gasteiger partial charge in [0, 0.05) is 31.5 Å². The highest BCUT2D eigenvalue weighted by atomic mass is 16.3. The molecule has 5 nitrogen and oxygen atoms in total. The summed E-state index contributed by atoms with van der Waals surface area (Å²) in [5, 5.41) is 9.25. The van der Waals surface area contributed by atoms with E-state index in [1.165, 1.54) is 11.1 Å². The summed E-state index contributed by atoms with van der Waals surface area (Å²) >= 11 is 0. The molecule has 29 heavy (non-hydrogen) atoms. The maximum absolute atomic E-state index is 13.3. The Kier molecular flexibility index (Phi) is 5.41. The summed E-state index contributed by atoms with van der Waals surface area (Å²) in [4.78, 5) is 29.1. The van der Waals surface area contributed by atoms with Gasteiger partial charge in [0.05, 0.1) is 12.5 Å². The Morgan fingerprint density at radius 2 is 1.69 bits per heavy atom. The molecule has 0 unspecified atom stereocenters. The van der Waals surface area contributed by atoms with E-state index in [-0.39, 0.29) is 29.7 Å². The highest BCUT2D eigenvalue weighted by Gasteiger charge is 2.50. The molecule has 2 saturated heterocycles. The van der Waals surface area contributed by atoms with Gasteiger partial charge in [0.25, 0.3) is 0 Å². The van der Waals surface area contributed by atoms with Gasteiger partial charge in [0.1, 0.15) is 6.61 Å². The number of fused-ring (bicyclic) bond motifs is 1. The summed E-state index contributed by atoms with van der Waals surface area (Å²) in [5.41, 5.74) is 4.54. The Morgan fingerprint density at radius 3 is 2.38 bits per heavy atom. The first kappa shape index (κ1) is 19.6. The highest BCUT2D eigenvalue weighted by Crippen LogP contribution is 2.46. The van der Waals surface area contributed by atoms with Crippen LogP contribution < -0.4 is 0 Å². The van der Waals surface area contributed by atoms with Gasteiger partial charge in [0.15, 0.2) is 0 Å². The molecule has 1 N–H and O–H groups in total. The summed E-state index contributed by atoms with van der Waals surface area (Å²) < 4.78 is 0. The van der Waals surface area contributed by atoms with E-state index in [9.17, 15) is 14.7 Å². The molecule has 2 amide bonds. The molecular formula is C24H28N2O3. The van der Waals surface area contributed by atoms with Crippen LogP contribution in [0.3, 0.4) is 0 Å². The van der Waals surface area contributed by atoms with Crippen molar-refractivity contribution in [2.24, 2.45) is 11.8 Å². The van der Waals surface area contributed by atoms with Crippen molar-refractivity contribution >= 4 is 11.8 Å². The molecule has 3 atom stereocenters. The number of likely N-dealkylation sites (tertiary alicyclic amines) is 2. The Hall–Kier alpha value is -2.66. The van der Waals surface area contributed by atoms with Crippen molar-refractivity contribution in [2.45, 2.75) is 26.3 Å². The molecule has 2 aromatic carbocycles. The molecule has 0 spiro atoms. The van der Waals surface area contributed by atoms with Gasteiger partial charge in [-0.2, -0.15) is 0 Å². The third-order valence-electron chi connectivity index (χ3n) is 6.46. The summed E-state index contributed by atoms with van der Waals surface area (Å²) in [6.45, 7) is 5.53. The van der Waals surface area contributed by atoms with Crippen molar-refractivity contribution in [3.8, 4) is 0 Å². The van der Waals surface area contributed by atoms with Gasteiger partial charge in [-0.15, -0.1) is 0 Å². The summed E-state index contributed by atoms with van der Waals surface area (Å²) in [6, 6.07) is 16.3. The van der Waals surface area contributed by atoms with Crippen LogP contribution in [0.1, 0.15) is 28.3 Å². The van der Waals surface area contributed by atoms with Gasteiger partial charge in [-0.3, -0.25) is 9.59 Å². The molecule has 2 fully saturated rings. The number of aliphatic hydroxyl groups excluding tert-OH is 1. The number of aliphatic hydroxyl groups is 1. The van der Waals surface area contributed by atoms with Crippen LogP contribution in [0.2, 0.25) is 0 Å². The number of carbonyl (C=O) groups excluding carboxylic acids is 2. The first-order valence-corrected chi connectivity index (χ1v) is 10.3. The lowest BCUT2D eigenvalue weighted by atomic mass is 9.87. The lowest BCUT2D eigenvalue weighted by molar-refractivity contribution is -0.134. The summed E-state index contributed by atoms with van der Waals surface area (Å²) in [7, 11) is 0. The van der Waals surface area contributed by atoms with Gasteiger partial charge < -0.3 is 14.9 Å².